The van der Waals surface area contributed by atoms with Gasteiger partial charge in [-0.1, -0.05) is 37.0 Å². The van der Waals surface area contributed by atoms with Crippen LogP contribution in [0.4, 0.5) is 0 Å². The Labute approximate surface area is 129 Å². The largest absolute Gasteiger partial charge is 0.482 e. The van der Waals surface area contributed by atoms with Gasteiger partial charge in [-0.3, -0.25) is 4.79 Å². The van der Waals surface area contributed by atoms with Crippen LogP contribution >= 0.6 is 23.2 Å². The number of rotatable bonds is 6. The van der Waals surface area contributed by atoms with Gasteiger partial charge in [0, 0.05) is 10.7 Å². The van der Waals surface area contributed by atoms with Crippen molar-refractivity contribution >= 4 is 34.8 Å². The zero-order chi connectivity index (χ0) is 15.1. The molecule has 0 aliphatic rings. The SMILES string of the molecule is C/C(CC(C)C)=N/NC(=O)COc1ccc(Cl)cc1Cl. The second-order valence-corrected chi connectivity index (χ2v) is 5.69. The van der Waals surface area contributed by atoms with Crippen LogP contribution in [0.5, 0.6) is 5.75 Å². The van der Waals surface area contributed by atoms with Gasteiger partial charge < -0.3 is 4.74 Å². The van der Waals surface area contributed by atoms with Gasteiger partial charge in [-0.25, -0.2) is 5.43 Å². The van der Waals surface area contributed by atoms with Gasteiger partial charge in [-0.05, 0) is 37.5 Å². The van der Waals surface area contributed by atoms with Crippen molar-refractivity contribution in [1.82, 2.24) is 5.43 Å². The quantitative estimate of drug-likeness (QED) is 0.639. The highest BCUT2D eigenvalue weighted by atomic mass is 35.5. The van der Waals surface area contributed by atoms with Crippen molar-refractivity contribution in [3.05, 3.63) is 28.2 Å². The maximum atomic E-state index is 11.6. The predicted octanol–water partition coefficient (Wildman–Crippen LogP) is 3.91. The maximum Gasteiger partial charge on any atom is 0.277 e. The van der Waals surface area contributed by atoms with Gasteiger partial charge in [0.2, 0.25) is 0 Å². The number of hydrogen-bond donors (Lipinski definition) is 1. The molecule has 0 aliphatic carbocycles. The molecule has 0 aromatic heterocycles. The van der Waals surface area contributed by atoms with Crippen molar-refractivity contribution in [2.75, 3.05) is 6.61 Å². The van der Waals surface area contributed by atoms with Crippen molar-refractivity contribution < 1.29 is 9.53 Å². The Bertz CT molecular complexity index is 502. The molecule has 1 amide bonds. The molecule has 6 heteroatoms. The smallest absolute Gasteiger partial charge is 0.277 e. The lowest BCUT2D eigenvalue weighted by molar-refractivity contribution is -0.123. The molecule has 110 valence electrons. The van der Waals surface area contributed by atoms with Crippen LogP contribution in [-0.4, -0.2) is 18.2 Å². The van der Waals surface area contributed by atoms with E-state index in [4.69, 9.17) is 27.9 Å². The van der Waals surface area contributed by atoms with Gasteiger partial charge in [0.05, 0.1) is 5.02 Å². The van der Waals surface area contributed by atoms with Crippen LogP contribution in [0, 0.1) is 5.92 Å². The standard InChI is InChI=1S/C14H18Cl2N2O2/c1-9(2)6-10(3)17-18-14(19)8-20-13-5-4-11(15)7-12(13)16/h4-5,7,9H,6,8H2,1-3H3,(H,18,19)/b17-10-. The Morgan fingerprint density at radius 2 is 2.10 bits per heavy atom. The van der Waals surface area contributed by atoms with Gasteiger partial charge in [-0.2, -0.15) is 5.10 Å². The fourth-order valence-electron chi connectivity index (χ4n) is 1.56. The van der Waals surface area contributed by atoms with E-state index in [1.807, 2.05) is 6.92 Å². The lowest BCUT2D eigenvalue weighted by Crippen LogP contribution is -2.25. The molecule has 1 rings (SSSR count). The lowest BCUT2D eigenvalue weighted by Gasteiger charge is -2.08. The number of halogens is 2. The molecule has 0 saturated carbocycles. The van der Waals surface area contributed by atoms with Crippen LogP contribution in [0.25, 0.3) is 0 Å². The molecule has 0 fully saturated rings. The zero-order valence-corrected chi connectivity index (χ0v) is 13.3. The Morgan fingerprint density at radius 1 is 1.40 bits per heavy atom. The van der Waals surface area contributed by atoms with E-state index >= 15 is 0 Å². The minimum absolute atomic E-state index is 0.153. The number of ether oxygens (including phenoxy) is 1. The van der Waals surface area contributed by atoms with Gasteiger partial charge in [0.1, 0.15) is 5.75 Å². The van der Waals surface area contributed by atoms with Gasteiger partial charge in [0.15, 0.2) is 6.61 Å². The summed E-state index contributed by atoms with van der Waals surface area (Å²) < 4.78 is 5.30. The third-order valence-electron chi connectivity index (χ3n) is 2.33. The molecule has 1 N–H and O–H groups in total. The molecular formula is C14H18Cl2N2O2. The van der Waals surface area contributed by atoms with Gasteiger partial charge in [0.25, 0.3) is 5.91 Å². The highest BCUT2D eigenvalue weighted by Crippen LogP contribution is 2.27. The summed E-state index contributed by atoms with van der Waals surface area (Å²) >= 11 is 11.7. The van der Waals surface area contributed by atoms with Gasteiger partial charge in [-0.15, -0.1) is 0 Å². The zero-order valence-electron chi connectivity index (χ0n) is 11.7. The molecular weight excluding hydrogens is 299 g/mol. The third kappa shape index (κ3) is 6.26. The summed E-state index contributed by atoms with van der Waals surface area (Å²) in [5, 5.41) is 4.88. The number of carbonyl (C=O) groups excluding carboxylic acids is 1. The molecule has 1 aromatic rings. The minimum Gasteiger partial charge on any atom is -0.482 e. The molecule has 0 heterocycles. The van der Waals surface area contributed by atoms with Crippen LogP contribution in [-0.2, 0) is 4.79 Å². The third-order valence-corrected chi connectivity index (χ3v) is 2.86. The Kier molecular flexibility index (Phi) is 6.82. The Morgan fingerprint density at radius 3 is 2.70 bits per heavy atom. The number of nitrogens with zero attached hydrogens (tertiary/aromatic N) is 1. The second-order valence-electron chi connectivity index (χ2n) is 4.84. The lowest BCUT2D eigenvalue weighted by atomic mass is 10.1. The Hall–Kier alpha value is -1.26. The van der Waals surface area contributed by atoms with Crippen LogP contribution in [0.1, 0.15) is 27.2 Å². The number of carbonyl (C=O) groups is 1. The molecule has 0 atom stereocenters. The summed E-state index contributed by atoms with van der Waals surface area (Å²) in [6.45, 7) is 5.90. The molecule has 0 bridgehead atoms. The highest BCUT2D eigenvalue weighted by molar-refractivity contribution is 6.35. The number of hydrazone groups is 1. The van der Waals surface area contributed by atoms with E-state index in [9.17, 15) is 4.79 Å². The van der Waals surface area contributed by atoms with Crippen LogP contribution in [0.2, 0.25) is 10.0 Å². The normalized spacial score (nSPS) is 11.6. The molecule has 0 saturated heterocycles. The summed E-state index contributed by atoms with van der Waals surface area (Å²) in [4.78, 5) is 11.6. The number of nitrogens with one attached hydrogen (secondary N) is 1. The molecule has 20 heavy (non-hydrogen) atoms. The first kappa shape index (κ1) is 16.8. The van der Waals surface area contributed by atoms with Crippen molar-refractivity contribution in [3.8, 4) is 5.75 Å². The highest BCUT2D eigenvalue weighted by Gasteiger charge is 2.06. The average molecular weight is 317 g/mol. The average Bonchev–Trinajstić information content (AvgIpc) is 2.34. The van der Waals surface area contributed by atoms with E-state index < -0.39 is 0 Å². The molecule has 0 radical (unpaired) electrons. The molecule has 0 aliphatic heterocycles. The fraction of sp³-hybridized carbons (Fsp3) is 0.429. The first-order chi connectivity index (χ1) is 9.38. The van der Waals surface area contributed by atoms with Crippen LogP contribution in [0.3, 0.4) is 0 Å². The monoisotopic (exact) mass is 316 g/mol. The Balaban J connectivity index is 2.43. The van der Waals surface area contributed by atoms with E-state index in [-0.39, 0.29) is 12.5 Å². The first-order valence-electron chi connectivity index (χ1n) is 6.28. The second kappa shape index (κ2) is 8.12. The van der Waals surface area contributed by atoms with Crippen molar-refractivity contribution in [1.29, 1.82) is 0 Å². The molecule has 4 nitrogen and oxygen atoms in total. The summed E-state index contributed by atoms with van der Waals surface area (Å²) in [6, 6.07) is 4.82. The molecule has 0 spiro atoms. The summed E-state index contributed by atoms with van der Waals surface area (Å²) in [5.74, 6) is 0.577. The number of benzene rings is 1. The van der Waals surface area contributed by atoms with E-state index in [0.717, 1.165) is 12.1 Å². The first-order valence-corrected chi connectivity index (χ1v) is 7.04. The van der Waals surface area contributed by atoms with Crippen molar-refractivity contribution in [3.63, 3.8) is 0 Å². The van der Waals surface area contributed by atoms with E-state index in [1.165, 1.54) is 0 Å². The maximum absolute atomic E-state index is 11.6. The number of hydrogen-bond acceptors (Lipinski definition) is 3. The fourth-order valence-corrected chi connectivity index (χ4v) is 2.03. The predicted molar refractivity (Wildman–Crippen MR) is 82.7 cm³/mol. The summed E-state index contributed by atoms with van der Waals surface area (Å²) in [7, 11) is 0. The minimum atomic E-state index is -0.334. The summed E-state index contributed by atoms with van der Waals surface area (Å²) in [5.41, 5.74) is 3.32. The van der Waals surface area contributed by atoms with E-state index in [2.05, 4.69) is 24.4 Å². The van der Waals surface area contributed by atoms with Crippen LogP contribution < -0.4 is 10.2 Å². The summed E-state index contributed by atoms with van der Waals surface area (Å²) in [6.07, 6.45) is 0.837. The van der Waals surface area contributed by atoms with Gasteiger partial charge >= 0.3 is 0 Å². The molecule has 0 unspecified atom stereocenters. The number of amides is 1. The van der Waals surface area contributed by atoms with Crippen molar-refractivity contribution in [2.45, 2.75) is 27.2 Å². The van der Waals surface area contributed by atoms with E-state index in [1.54, 1.807) is 18.2 Å². The topological polar surface area (TPSA) is 50.7 Å². The van der Waals surface area contributed by atoms with Crippen LogP contribution in [0.15, 0.2) is 23.3 Å². The molecule has 1 aromatic carbocycles. The van der Waals surface area contributed by atoms with E-state index in [0.29, 0.717) is 21.7 Å². The van der Waals surface area contributed by atoms with Crippen molar-refractivity contribution in [2.24, 2.45) is 11.0 Å².